The van der Waals surface area contributed by atoms with E-state index in [0.29, 0.717) is 17.4 Å². The van der Waals surface area contributed by atoms with E-state index in [4.69, 9.17) is 17.3 Å². The molecule has 2 aromatic rings. The molecule has 0 aliphatic carbocycles. The van der Waals surface area contributed by atoms with Crippen molar-refractivity contribution in [1.82, 2.24) is 9.97 Å². The number of halogens is 2. The van der Waals surface area contributed by atoms with E-state index in [-0.39, 0.29) is 5.95 Å². The van der Waals surface area contributed by atoms with Gasteiger partial charge in [0.2, 0.25) is 5.95 Å². The Kier molecular flexibility index (Phi) is 4.04. The van der Waals surface area contributed by atoms with Crippen LogP contribution >= 0.6 is 27.5 Å². The summed E-state index contributed by atoms with van der Waals surface area (Å²) in [5, 5.41) is 0.490. The molecule has 18 heavy (non-hydrogen) atoms. The molecule has 0 radical (unpaired) electrons. The molecular weight excluding hydrogens is 316 g/mol. The lowest BCUT2D eigenvalue weighted by Gasteiger charge is -2.19. The number of aromatic nitrogens is 2. The molecule has 1 aromatic heterocycles. The van der Waals surface area contributed by atoms with Crippen molar-refractivity contribution in [2.24, 2.45) is 0 Å². The fourth-order valence-corrected chi connectivity index (χ4v) is 2.08. The van der Waals surface area contributed by atoms with Gasteiger partial charge in [-0.25, -0.2) is 4.98 Å². The average Bonchev–Trinajstić information content (AvgIpc) is 2.35. The maximum atomic E-state index is 6.05. The molecule has 0 fully saturated rings. The van der Waals surface area contributed by atoms with Crippen molar-refractivity contribution in [2.45, 2.75) is 6.54 Å². The standard InChI is InChI=1S/C12H12BrClN4/c1-18(7-8-2-4-9(13)5-3-8)11-10(14)6-16-12(15)17-11/h2-6H,7H2,1H3,(H2,15,16,17). The van der Waals surface area contributed by atoms with Crippen molar-refractivity contribution in [2.75, 3.05) is 17.7 Å². The lowest BCUT2D eigenvalue weighted by molar-refractivity contribution is 0.893. The van der Waals surface area contributed by atoms with E-state index in [0.717, 1.165) is 10.0 Å². The molecule has 0 aliphatic heterocycles. The highest BCUT2D eigenvalue weighted by molar-refractivity contribution is 9.10. The van der Waals surface area contributed by atoms with Gasteiger partial charge < -0.3 is 10.6 Å². The van der Waals surface area contributed by atoms with Crippen LogP contribution < -0.4 is 10.6 Å². The molecule has 1 heterocycles. The van der Waals surface area contributed by atoms with Gasteiger partial charge in [0.05, 0.1) is 6.20 Å². The van der Waals surface area contributed by atoms with Crippen molar-refractivity contribution in [3.05, 3.63) is 45.5 Å². The highest BCUT2D eigenvalue weighted by Gasteiger charge is 2.09. The maximum Gasteiger partial charge on any atom is 0.222 e. The third-order valence-corrected chi connectivity index (χ3v) is 3.23. The summed E-state index contributed by atoms with van der Waals surface area (Å²) < 4.78 is 1.05. The van der Waals surface area contributed by atoms with Gasteiger partial charge in [-0.05, 0) is 17.7 Å². The molecule has 1 aromatic carbocycles. The van der Waals surface area contributed by atoms with E-state index in [1.165, 1.54) is 6.20 Å². The number of nitrogens with zero attached hydrogens (tertiary/aromatic N) is 3. The van der Waals surface area contributed by atoms with Crippen molar-refractivity contribution in [3.63, 3.8) is 0 Å². The first-order valence-corrected chi connectivity index (χ1v) is 6.47. The second kappa shape index (κ2) is 5.54. The van der Waals surface area contributed by atoms with Crippen LogP contribution in [0.1, 0.15) is 5.56 Å². The minimum absolute atomic E-state index is 0.219. The summed E-state index contributed by atoms with van der Waals surface area (Å²) in [6, 6.07) is 8.08. The fraction of sp³-hybridized carbons (Fsp3) is 0.167. The van der Waals surface area contributed by atoms with Gasteiger partial charge >= 0.3 is 0 Å². The number of rotatable bonds is 3. The zero-order chi connectivity index (χ0) is 13.1. The molecule has 0 atom stereocenters. The second-order valence-electron chi connectivity index (χ2n) is 3.88. The Balaban J connectivity index is 2.18. The van der Waals surface area contributed by atoms with Crippen LogP contribution in [0.15, 0.2) is 34.9 Å². The number of anilines is 2. The summed E-state index contributed by atoms with van der Waals surface area (Å²) in [6.45, 7) is 0.698. The Bertz CT molecular complexity index is 544. The van der Waals surface area contributed by atoms with Crippen LogP contribution in [0, 0.1) is 0 Å². The van der Waals surface area contributed by atoms with E-state index in [9.17, 15) is 0 Å². The third kappa shape index (κ3) is 3.11. The molecule has 2 rings (SSSR count). The van der Waals surface area contributed by atoms with Gasteiger partial charge in [-0.3, -0.25) is 0 Å². The molecule has 0 spiro atoms. The summed E-state index contributed by atoms with van der Waals surface area (Å²) in [6.07, 6.45) is 1.51. The first-order valence-electron chi connectivity index (χ1n) is 5.30. The van der Waals surface area contributed by atoms with Crippen molar-refractivity contribution >= 4 is 39.3 Å². The zero-order valence-corrected chi connectivity index (χ0v) is 12.1. The quantitative estimate of drug-likeness (QED) is 0.941. The molecule has 94 valence electrons. The van der Waals surface area contributed by atoms with Crippen LogP contribution in [-0.4, -0.2) is 17.0 Å². The Morgan fingerprint density at radius 3 is 2.67 bits per heavy atom. The topological polar surface area (TPSA) is 55.0 Å². The molecule has 0 unspecified atom stereocenters. The van der Waals surface area contributed by atoms with Crippen LogP contribution in [0.25, 0.3) is 0 Å². The summed E-state index contributed by atoms with van der Waals surface area (Å²) in [5.74, 6) is 0.851. The third-order valence-electron chi connectivity index (χ3n) is 2.44. The van der Waals surface area contributed by atoms with Crippen molar-refractivity contribution in [1.29, 1.82) is 0 Å². The number of benzene rings is 1. The summed E-state index contributed by atoms with van der Waals surface area (Å²) >= 11 is 9.46. The molecule has 0 aliphatic rings. The highest BCUT2D eigenvalue weighted by atomic mass is 79.9. The average molecular weight is 328 g/mol. The van der Waals surface area contributed by atoms with Crippen molar-refractivity contribution in [3.8, 4) is 0 Å². The van der Waals surface area contributed by atoms with Gasteiger partial charge in [-0.15, -0.1) is 0 Å². The predicted octanol–water partition coefficient (Wildman–Crippen LogP) is 3.11. The molecule has 4 nitrogen and oxygen atoms in total. The highest BCUT2D eigenvalue weighted by Crippen LogP contribution is 2.23. The van der Waals surface area contributed by atoms with Crippen LogP contribution in [0.4, 0.5) is 11.8 Å². The van der Waals surface area contributed by atoms with Gasteiger partial charge in [0.1, 0.15) is 5.02 Å². The Morgan fingerprint density at radius 1 is 1.33 bits per heavy atom. The molecule has 6 heteroatoms. The zero-order valence-electron chi connectivity index (χ0n) is 9.77. The van der Waals surface area contributed by atoms with Gasteiger partial charge in [-0.2, -0.15) is 4.98 Å². The Labute approximate surface area is 119 Å². The molecule has 2 N–H and O–H groups in total. The summed E-state index contributed by atoms with van der Waals surface area (Å²) in [4.78, 5) is 9.91. The number of hydrogen-bond acceptors (Lipinski definition) is 4. The second-order valence-corrected chi connectivity index (χ2v) is 5.21. The fourth-order valence-electron chi connectivity index (χ4n) is 1.58. The van der Waals surface area contributed by atoms with Gasteiger partial charge in [-0.1, -0.05) is 39.7 Å². The Morgan fingerprint density at radius 2 is 2.00 bits per heavy atom. The number of hydrogen-bond donors (Lipinski definition) is 1. The molecular formula is C12H12BrClN4. The van der Waals surface area contributed by atoms with Crippen LogP contribution in [0.5, 0.6) is 0 Å². The summed E-state index contributed by atoms with van der Waals surface area (Å²) in [5.41, 5.74) is 6.73. The molecule has 0 bridgehead atoms. The SMILES string of the molecule is CN(Cc1ccc(Br)cc1)c1nc(N)ncc1Cl. The van der Waals surface area contributed by atoms with Crippen LogP contribution in [-0.2, 0) is 6.54 Å². The van der Waals surface area contributed by atoms with Crippen LogP contribution in [0.2, 0.25) is 5.02 Å². The number of nitrogens with two attached hydrogens (primary N) is 1. The van der Waals surface area contributed by atoms with E-state index in [1.54, 1.807) is 0 Å². The minimum atomic E-state index is 0.219. The van der Waals surface area contributed by atoms with E-state index >= 15 is 0 Å². The minimum Gasteiger partial charge on any atom is -0.368 e. The van der Waals surface area contributed by atoms with Crippen LogP contribution in [0.3, 0.4) is 0 Å². The first kappa shape index (κ1) is 13.1. The normalized spacial score (nSPS) is 10.4. The van der Waals surface area contributed by atoms with Gasteiger partial charge in [0.15, 0.2) is 5.82 Å². The molecule has 0 saturated carbocycles. The first-order chi connectivity index (χ1) is 8.56. The molecule has 0 amide bonds. The maximum absolute atomic E-state index is 6.05. The van der Waals surface area contributed by atoms with E-state index in [1.807, 2.05) is 36.2 Å². The van der Waals surface area contributed by atoms with Gasteiger partial charge in [0.25, 0.3) is 0 Å². The Hall–Kier alpha value is -1.33. The monoisotopic (exact) mass is 326 g/mol. The van der Waals surface area contributed by atoms with Gasteiger partial charge in [0, 0.05) is 18.1 Å². The predicted molar refractivity (Wildman–Crippen MR) is 77.7 cm³/mol. The van der Waals surface area contributed by atoms with E-state index < -0.39 is 0 Å². The number of nitrogen functional groups attached to an aromatic ring is 1. The summed E-state index contributed by atoms with van der Waals surface area (Å²) in [7, 11) is 1.91. The lowest BCUT2D eigenvalue weighted by Crippen LogP contribution is -2.18. The van der Waals surface area contributed by atoms with Crippen molar-refractivity contribution < 1.29 is 0 Å². The molecule has 0 saturated heterocycles. The van der Waals surface area contributed by atoms with E-state index in [2.05, 4.69) is 25.9 Å². The lowest BCUT2D eigenvalue weighted by atomic mass is 10.2. The largest absolute Gasteiger partial charge is 0.368 e. The smallest absolute Gasteiger partial charge is 0.222 e.